The van der Waals surface area contributed by atoms with Gasteiger partial charge in [-0.3, -0.25) is 4.57 Å². The van der Waals surface area contributed by atoms with Crippen LogP contribution in [0.1, 0.15) is 31.7 Å². The van der Waals surface area contributed by atoms with Crippen LogP contribution in [0.25, 0.3) is 11.2 Å². The van der Waals surface area contributed by atoms with Crippen LogP contribution < -0.4 is 16.0 Å². The summed E-state index contributed by atoms with van der Waals surface area (Å²) in [5.74, 6) is 1.11. The number of nitrogens with one attached hydrogen (secondary N) is 1. The van der Waals surface area contributed by atoms with Crippen LogP contribution in [0.5, 0.6) is 0 Å². The predicted octanol–water partition coefficient (Wildman–Crippen LogP) is 3.02. The third kappa shape index (κ3) is 3.60. The first kappa shape index (κ1) is 18.2. The van der Waals surface area contributed by atoms with Gasteiger partial charge in [0.2, 0.25) is 11.9 Å². The van der Waals surface area contributed by atoms with E-state index < -0.39 is 0 Å². The number of rotatable bonds is 4. The Morgan fingerprint density at radius 2 is 1.72 bits per heavy atom. The Balaban J connectivity index is 1.35. The Bertz CT molecular complexity index is 982. The number of hydrogen-bond acceptors (Lipinski definition) is 7. The van der Waals surface area contributed by atoms with E-state index in [4.69, 9.17) is 10.7 Å². The van der Waals surface area contributed by atoms with Gasteiger partial charge in [0, 0.05) is 43.6 Å². The zero-order valence-electron chi connectivity index (χ0n) is 16.9. The van der Waals surface area contributed by atoms with E-state index in [0.29, 0.717) is 17.9 Å². The molecule has 2 aromatic heterocycles. The summed E-state index contributed by atoms with van der Waals surface area (Å²) >= 11 is 0. The quantitative estimate of drug-likeness (QED) is 0.705. The molecule has 29 heavy (non-hydrogen) atoms. The average molecular weight is 393 g/mol. The molecular formula is C21H28N8. The lowest BCUT2D eigenvalue weighted by Crippen LogP contribution is -2.44. The first-order valence-corrected chi connectivity index (χ1v) is 10.5. The average Bonchev–Trinajstić information content (AvgIpc) is 3.36. The number of likely N-dealkylation sites (N-methyl/N-ethyl adjacent to an activating group) is 1. The fourth-order valence-electron chi connectivity index (χ4n) is 4.44. The standard InChI is InChI=1S/C21H28N8/c1-27-10-12-28(13-11-27)16-8-6-15(7-9-16)24-21-23-14-18-19(26-21)29(20(22)25-18)17-4-2-3-5-17/h6-9,14,17H,2-5,10-13H2,1H3,(H2,22,25)(H,23,24,26). The minimum Gasteiger partial charge on any atom is -0.369 e. The van der Waals surface area contributed by atoms with E-state index in [0.717, 1.165) is 55.9 Å². The molecule has 1 saturated heterocycles. The monoisotopic (exact) mass is 392 g/mol. The lowest BCUT2D eigenvalue weighted by atomic mass is 10.2. The van der Waals surface area contributed by atoms with Crippen molar-refractivity contribution >= 4 is 34.4 Å². The summed E-state index contributed by atoms with van der Waals surface area (Å²) in [6, 6.07) is 8.89. The summed E-state index contributed by atoms with van der Waals surface area (Å²) in [5, 5.41) is 3.33. The van der Waals surface area contributed by atoms with Crippen LogP contribution in [0.4, 0.5) is 23.3 Å². The Hall–Kier alpha value is -2.87. The van der Waals surface area contributed by atoms with Gasteiger partial charge in [0.25, 0.3) is 0 Å². The first-order chi connectivity index (χ1) is 14.2. The molecule has 0 amide bonds. The van der Waals surface area contributed by atoms with Crippen LogP contribution in [0.15, 0.2) is 30.5 Å². The molecule has 1 aromatic carbocycles. The Kier molecular flexibility index (Phi) is 4.71. The van der Waals surface area contributed by atoms with Crippen molar-refractivity contribution < 1.29 is 0 Å². The predicted molar refractivity (Wildman–Crippen MR) is 117 cm³/mol. The number of imidazole rings is 1. The van der Waals surface area contributed by atoms with Crippen molar-refractivity contribution in [3.05, 3.63) is 30.5 Å². The summed E-state index contributed by atoms with van der Waals surface area (Å²) in [7, 11) is 2.17. The highest BCUT2D eigenvalue weighted by Crippen LogP contribution is 2.34. The van der Waals surface area contributed by atoms with Crippen LogP contribution in [-0.4, -0.2) is 57.6 Å². The molecule has 8 nitrogen and oxygen atoms in total. The number of hydrogen-bond donors (Lipinski definition) is 2. The molecule has 2 fully saturated rings. The van der Waals surface area contributed by atoms with Crippen molar-refractivity contribution in [3.8, 4) is 0 Å². The molecule has 0 bridgehead atoms. The molecule has 0 spiro atoms. The molecule has 1 saturated carbocycles. The topological polar surface area (TPSA) is 88.1 Å². The number of nitrogens with zero attached hydrogens (tertiary/aromatic N) is 6. The number of nitrogens with two attached hydrogens (primary N) is 1. The molecule has 3 aromatic rings. The second-order valence-corrected chi connectivity index (χ2v) is 8.14. The fourth-order valence-corrected chi connectivity index (χ4v) is 4.44. The van der Waals surface area contributed by atoms with Crippen LogP contribution >= 0.6 is 0 Å². The Labute approximate surface area is 170 Å². The largest absolute Gasteiger partial charge is 0.369 e. The summed E-state index contributed by atoms with van der Waals surface area (Å²) in [6.07, 6.45) is 6.50. The maximum Gasteiger partial charge on any atom is 0.229 e. The van der Waals surface area contributed by atoms with Gasteiger partial charge < -0.3 is 20.9 Å². The fraction of sp³-hybridized carbons (Fsp3) is 0.476. The maximum atomic E-state index is 6.19. The van der Waals surface area contributed by atoms with Crippen LogP contribution in [-0.2, 0) is 0 Å². The van der Waals surface area contributed by atoms with Crippen molar-refractivity contribution in [3.63, 3.8) is 0 Å². The van der Waals surface area contributed by atoms with Gasteiger partial charge in [-0.25, -0.2) is 9.97 Å². The first-order valence-electron chi connectivity index (χ1n) is 10.5. The molecule has 2 aliphatic rings. The number of anilines is 4. The Morgan fingerprint density at radius 1 is 1.00 bits per heavy atom. The van der Waals surface area contributed by atoms with Crippen LogP contribution in [0.3, 0.4) is 0 Å². The SMILES string of the molecule is CN1CCN(c2ccc(Nc3ncc4nc(N)n(C5CCCC5)c4n3)cc2)CC1. The molecule has 5 rings (SSSR count). The van der Waals surface area contributed by atoms with E-state index in [2.05, 4.69) is 61.0 Å². The zero-order chi connectivity index (χ0) is 19.8. The molecule has 1 aliphatic carbocycles. The third-order valence-electron chi connectivity index (χ3n) is 6.14. The summed E-state index contributed by atoms with van der Waals surface area (Å²) in [5.41, 5.74) is 9.99. The van der Waals surface area contributed by atoms with Crippen molar-refractivity contribution in [1.82, 2.24) is 24.4 Å². The van der Waals surface area contributed by atoms with E-state index in [1.807, 2.05) is 0 Å². The van der Waals surface area contributed by atoms with E-state index >= 15 is 0 Å². The molecule has 8 heteroatoms. The van der Waals surface area contributed by atoms with Gasteiger partial charge in [-0.2, -0.15) is 4.98 Å². The molecule has 152 valence electrons. The maximum absolute atomic E-state index is 6.19. The number of aromatic nitrogens is 4. The van der Waals surface area contributed by atoms with Crippen molar-refractivity contribution in [2.24, 2.45) is 0 Å². The second kappa shape index (κ2) is 7.51. The van der Waals surface area contributed by atoms with Crippen LogP contribution in [0.2, 0.25) is 0 Å². The van der Waals surface area contributed by atoms with E-state index in [1.165, 1.54) is 18.5 Å². The summed E-state index contributed by atoms with van der Waals surface area (Å²) < 4.78 is 2.09. The normalized spacial score (nSPS) is 18.6. The van der Waals surface area contributed by atoms with Gasteiger partial charge in [-0.1, -0.05) is 12.8 Å². The van der Waals surface area contributed by atoms with Gasteiger partial charge >= 0.3 is 0 Å². The highest BCUT2D eigenvalue weighted by molar-refractivity contribution is 5.75. The highest BCUT2D eigenvalue weighted by Gasteiger charge is 2.23. The molecule has 3 heterocycles. The van der Waals surface area contributed by atoms with E-state index in [9.17, 15) is 0 Å². The minimum absolute atomic E-state index is 0.394. The summed E-state index contributed by atoms with van der Waals surface area (Å²) in [4.78, 5) is 18.4. The zero-order valence-corrected chi connectivity index (χ0v) is 16.9. The molecule has 0 atom stereocenters. The lowest BCUT2D eigenvalue weighted by Gasteiger charge is -2.34. The van der Waals surface area contributed by atoms with Crippen LogP contribution in [0, 0.1) is 0 Å². The molecule has 0 unspecified atom stereocenters. The number of piperazine rings is 1. The van der Waals surface area contributed by atoms with E-state index in [1.54, 1.807) is 6.20 Å². The molecule has 1 aliphatic heterocycles. The molecule has 0 radical (unpaired) electrons. The molecule has 3 N–H and O–H groups in total. The Morgan fingerprint density at radius 3 is 2.45 bits per heavy atom. The van der Waals surface area contributed by atoms with Crippen molar-refractivity contribution in [2.75, 3.05) is 49.2 Å². The second-order valence-electron chi connectivity index (χ2n) is 8.14. The smallest absolute Gasteiger partial charge is 0.229 e. The summed E-state index contributed by atoms with van der Waals surface area (Å²) in [6.45, 7) is 4.34. The highest BCUT2D eigenvalue weighted by atomic mass is 15.3. The number of nitrogen functional groups attached to an aromatic ring is 1. The van der Waals surface area contributed by atoms with Gasteiger partial charge in [0.05, 0.1) is 6.20 Å². The number of fused-ring (bicyclic) bond motifs is 1. The minimum atomic E-state index is 0.394. The van der Waals surface area contributed by atoms with Crippen molar-refractivity contribution in [2.45, 2.75) is 31.7 Å². The van der Waals surface area contributed by atoms with E-state index in [-0.39, 0.29) is 0 Å². The third-order valence-corrected chi connectivity index (χ3v) is 6.14. The number of benzene rings is 1. The van der Waals surface area contributed by atoms with Crippen molar-refractivity contribution in [1.29, 1.82) is 0 Å². The molecular weight excluding hydrogens is 364 g/mol. The van der Waals surface area contributed by atoms with Gasteiger partial charge in [-0.05, 0) is 44.2 Å². The van der Waals surface area contributed by atoms with Gasteiger partial charge in [-0.15, -0.1) is 0 Å². The lowest BCUT2D eigenvalue weighted by molar-refractivity contribution is 0.313. The van der Waals surface area contributed by atoms with Gasteiger partial charge in [0.1, 0.15) is 5.52 Å². The van der Waals surface area contributed by atoms with Gasteiger partial charge in [0.15, 0.2) is 5.65 Å².